The molecule has 17 heavy (non-hydrogen) atoms. The Hall–Kier alpha value is -1.10. The molecule has 0 aliphatic rings. The Bertz CT molecular complexity index is 536. The van der Waals surface area contributed by atoms with E-state index < -0.39 is 11.9 Å². The van der Waals surface area contributed by atoms with Crippen molar-refractivity contribution in [2.45, 2.75) is 6.10 Å². The molecular weight excluding hydrogens is 266 g/mol. The maximum Gasteiger partial charge on any atom is 0.143 e. The minimum absolute atomic E-state index is 0.000432. The van der Waals surface area contributed by atoms with Crippen molar-refractivity contribution in [2.24, 2.45) is 7.05 Å². The van der Waals surface area contributed by atoms with E-state index in [1.807, 2.05) is 0 Å². The molecule has 0 aliphatic heterocycles. The lowest BCUT2D eigenvalue weighted by Gasteiger charge is -2.13. The zero-order valence-corrected chi connectivity index (χ0v) is 10.4. The van der Waals surface area contributed by atoms with Crippen LogP contribution in [0.3, 0.4) is 0 Å². The SMILES string of the molecule is Cn1c(Cl)cnc1C(O)c1c(F)cccc1Cl. The van der Waals surface area contributed by atoms with E-state index >= 15 is 0 Å². The van der Waals surface area contributed by atoms with Gasteiger partial charge in [-0.05, 0) is 12.1 Å². The van der Waals surface area contributed by atoms with Gasteiger partial charge in [0.1, 0.15) is 22.9 Å². The predicted molar refractivity (Wildman–Crippen MR) is 63.7 cm³/mol. The number of aliphatic hydroxyl groups excluding tert-OH is 1. The summed E-state index contributed by atoms with van der Waals surface area (Å²) in [5, 5.41) is 10.6. The fourth-order valence-electron chi connectivity index (χ4n) is 1.56. The van der Waals surface area contributed by atoms with Crippen LogP contribution in [0.4, 0.5) is 4.39 Å². The molecule has 1 heterocycles. The van der Waals surface area contributed by atoms with Crippen LogP contribution >= 0.6 is 23.2 Å². The molecule has 0 saturated carbocycles. The van der Waals surface area contributed by atoms with E-state index in [1.54, 1.807) is 7.05 Å². The van der Waals surface area contributed by atoms with Crippen molar-refractivity contribution in [1.29, 1.82) is 0 Å². The van der Waals surface area contributed by atoms with Crippen LogP contribution in [-0.4, -0.2) is 14.7 Å². The summed E-state index contributed by atoms with van der Waals surface area (Å²) < 4.78 is 15.1. The molecule has 6 heteroatoms. The summed E-state index contributed by atoms with van der Waals surface area (Å²) in [5.41, 5.74) is -0.000432. The summed E-state index contributed by atoms with van der Waals surface area (Å²) in [7, 11) is 1.63. The van der Waals surface area contributed by atoms with Gasteiger partial charge in [-0.3, -0.25) is 0 Å². The third kappa shape index (κ3) is 2.16. The summed E-state index contributed by atoms with van der Waals surface area (Å²) in [6.45, 7) is 0. The Morgan fingerprint density at radius 1 is 1.41 bits per heavy atom. The van der Waals surface area contributed by atoms with E-state index in [-0.39, 0.29) is 16.4 Å². The molecule has 1 atom stereocenters. The van der Waals surface area contributed by atoms with Gasteiger partial charge in [0.15, 0.2) is 0 Å². The summed E-state index contributed by atoms with van der Waals surface area (Å²) in [4.78, 5) is 3.93. The standard InChI is InChI=1S/C11H9Cl2FN2O/c1-16-8(13)5-15-11(16)10(17)9-6(12)3-2-4-7(9)14/h2-5,10,17H,1H3. The number of nitrogens with zero attached hydrogens (tertiary/aromatic N) is 2. The molecule has 3 nitrogen and oxygen atoms in total. The first-order valence-electron chi connectivity index (χ1n) is 4.81. The molecular formula is C11H9Cl2FN2O. The van der Waals surface area contributed by atoms with Gasteiger partial charge in [-0.25, -0.2) is 9.37 Å². The lowest BCUT2D eigenvalue weighted by atomic mass is 10.1. The Labute approximate surface area is 107 Å². The normalized spacial score (nSPS) is 12.8. The molecule has 1 N–H and O–H groups in total. The number of rotatable bonds is 2. The molecule has 1 aromatic heterocycles. The van der Waals surface area contributed by atoms with Crippen LogP contribution in [0.1, 0.15) is 17.5 Å². The highest BCUT2D eigenvalue weighted by Crippen LogP contribution is 2.30. The average molecular weight is 275 g/mol. The Balaban J connectivity index is 2.51. The highest BCUT2D eigenvalue weighted by Gasteiger charge is 2.22. The number of aromatic nitrogens is 2. The second-order valence-electron chi connectivity index (χ2n) is 3.54. The number of halogens is 3. The number of aliphatic hydroxyl groups is 1. The van der Waals surface area contributed by atoms with E-state index in [4.69, 9.17) is 23.2 Å². The van der Waals surface area contributed by atoms with Gasteiger partial charge in [0.25, 0.3) is 0 Å². The highest BCUT2D eigenvalue weighted by molar-refractivity contribution is 6.31. The molecule has 0 spiro atoms. The predicted octanol–water partition coefficient (Wildman–Crippen LogP) is 2.95. The zero-order chi connectivity index (χ0) is 12.6. The first-order valence-corrected chi connectivity index (χ1v) is 5.57. The van der Waals surface area contributed by atoms with E-state index in [9.17, 15) is 9.50 Å². The van der Waals surface area contributed by atoms with Crippen molar-refractivity contribution in [3.05, 3.63) is 51.8 Å². The molecule has 90 valence electrons. The topological polar surface area (TPSA) is 38.0 Å². The highest BCUT2D eigenvalue weighted by atomic mass is 35.5. The number of imidazole rings is 1. The molecule has 0 aliphatic carbocycles. The van der Waals surface area contributed by atoms with Crippen LogP contribution in [0.15, 0.2) is 24.4 Å². The molecule has 1 aromatic carbocycles. The van der Waals surface area contributed by atoms with E-state index in [1.165, 1.54) is 29.0 Å². The van der Waals surface area contributed by atoms with Gasteiger partial charge in [-0.2, -0.15) is 0 Å². The Kier molecular flexibility index (Phi) is 3.38. The van der Waals surface area contributed by atoms with Gasteiger partial charge in [-0.1, -0.05) is 29.3 Å². The lowest BCUT2D eigenvalue weighted by molar-refractivity contribution is 0.201. The maximum absolute atomic E-state index is 13.6. The van der Waals surface area contributed by atoms with E-state index in [2.05, 4.69) is 4.98 Å². The first kappa shape index (κ1) is 12.4. The van der Waals surface area contributed by atoms with Crippen LogP contribution in [0, 0.1) is 5.82 Å². The van der Waals surface area contributed by atoms with Gasteiger partial charge in [0.05, 0.1) is 6.20 Å². The second kappa shape index (κ2) is 4.64. The van der Waals surface area contributed by atoms with Gasteiger partial charge >= 0.3 is 0 Å². The van der Waals surface area contributed by atoms with Crippen molar-refractivity contribution in [1.82, 2.24) is 9.55 Å². The zero-order valence-electron chi connectivity index (χ0n) is 8.86. The second-order valence-corrected chi connectivity index (χ2v) is 4.33. The summed E-state index contributed by atoms with van der Waals surface area (Å²) in [6, 6.07) is 4.21. The Morgan fingerprint density at radius 3 is 2.65 bits per heavy atom. The first-order chi connectivity index (χ1) is 8.02. The third-order valence-corrected chi connectivity index (χ3v) is 3.17. The lowest BCUT2D eigenvalue weighted by Crippen LogP contribution is -2.09. The van der Waals surface area contributed by atoms with Gasteiger partial charge in [0, 0.05) is 17.6 Å². The molecule has 1 unspecified atom stereocenters. The van der Waals surface area contributed by atoms with Gasteiger partial charge in [0.2, 0.25) is 0 Å². The van der Waals surface area contributed by atoms with Crippen LogP contribution in [0.25, 0.3) is 0 Å². The molecule has 0 radical (unpaired) electrons. The van der Waals surface area contributed by atoms with E-state index in [0.29, 0.717) is 5.15 Å². The number of hydrogen-bond acceptors (Lipinski definition) is 2. The van der Waals surface area contributed by atoms with Crippen molar-refractivity contribution in [3.8, 4) is 0 Å². The van der Waals surface area contributed by atoms with Crippen molar-refractivity contribution >= 4 is 23.2 Å². The largest absolute Gasteiger partial charge is 0.380 e. The number of benzene rings is 1. The number of hydrogen-bond donors (Lipinski definition) is 1. The molecule has 0 bridgehead atoms. The summed E-state index contributed by atoms with van der Waals surface area (Å²) in [5.74, 6) is -0.342. The molecule has 0 amide bonds. The fourth-order valence-corrected chi connectivity index (χ4v) is 1.96. The van der Waals surface area contributed by atoms with Crippen molar-refractivity contribution in [2.75, 3.05) is 0 Å². The maximum atomic E-state index is 13.6. The average Bonchev–Trinajstić information content (AvgIpc) is 2.59. The molecule has 2 aromatic rings. The van der Waals surface area contributed by atoms with E-state index in [0.717, 1.165) is 0 Å². The van der Waals surface area contributed by atoms with Crippen LogP contribution < -0.4 is 0 Å². The molecule has 0 fully saturated rings. The summed E-state index contributed by atoms with van der Waals surface area (Å²) >= 11 is 11.7. The smallest absolute Gasteiger partial charge is 0.143 e. The minimum atomic E-state index is -1.25. The third-order valence-electron chi connectivity index (χ3n) is 2.49. The molecule has 2 rings (SSSR count). The molecule has 0 saturated heterocycles. The summed E-state index contributed by atoms with van der Waals surface area (Å²) in [6.07, 6.45) is 0.135. The van der Waals surface area contributed by atoms with Gasteiger partial charge in [-0.15, -0.1) is 0 Å². The van der Waals surface area contributed by atoms with Crippen molar-refractivity contribution < 1.29 is 9.50 Å². The fraction of sp³-hybridized carbons (Fsp3) is 0.182. The van der Waals surface area contributed by atoms with Gasteiger partial charge < -0.3 is 9.67 Å². The monoisotopic (exact) mass is 274 g/mol. The van der Waals surface area contributed by atoms with Crippen LogP contribution in [-0.2, 0) is 7.05 Å². The van der Waals surface area contributed by atoms with Crippen LogP contribution in [0.5, 0.6) is 0 Å². The minimum Gasteiger partial charge on any atom is -0.380 e. The van der Waals surface area contributed by atoms with Crippen LogP contribution in [0.2, 0.25) is 10.2 Å². The quantitative estimate of drug-likeness (QED) is 0.915. The Morgan fingerprint density at radius 2 is 2.12 bits per heavy atom. The van der Waals surface area contributed by atoms with Crippen molar-refractivity contribution in [3.63, 3.8) is 0 Å².